The third-order valence-electron chi connectivity index (χ3n) is 4.02. The van der Waals surface area contributed by atoms with Crippen molar-refractivity contribution in [2.24, 2.45) is 0 Å². The number of piperazine rings is 1. The molecule has 20 heavy (non-hydrogen) atoms. The smallest absolute Gasteiger partial charge is 0.249 e. The summed E-state index contributed by atoms with van der Waals surface area (Å²) in [6.07, 6.45) is 2.15. The number of rotatable bonds is 3. The van der Waals surface area contributed by atoms with Gasteiger partial charge in [-0.05, 0) is 34.1 Å². The molecule has 6 nitrogen and oxygen atoms in total. The van der Waals surface area contributed by atoms with E-state index in [1.807, 2.05) is 13.8 Å². The molecule has 1 aliphatic rings. The van der Waals surface area contributed by atoms with Gasteiger partial charge < -0.3 is 14.6 Å². The Morgan fingerprint density at radius 2 is 2.20 bits per heavy atom. The summed E-state index contributed by atoms with van der Waals surface area (Å²) in [5.41, 5.74) is -0.862. The van der Waals surface area contributed by atoms with Crippen LogP contribution in [0.1, 0.15) is 51.8 Å². The van der Waals surface area contributed by atoms with Crippen LogP contribution in [0.25, 0.3) is 0 Å². The largest absolute Gasteiger partial charge is 0.444 e. The molecule has 2 heterocycles. The average molecular weight is 279 g/mol. The van der Waals surface area contributed by atoms with Crippen LogP contribution in [0.4, 0.5) is 0 Å². The van der Waals surface area contributed by atoms with Crippen molar-refractivity contribution in [2.45, 2.75) is 58.7 Å². The van der Waals surface area contributed by atoms with Gasteiger partial charge in [0.25, 0.3) is 0 Å². The standard InChI is InChI=1S/C14H21N3O3/c1-6-14(5)13(19)17(9(3)11(18)16-14)10(4)12-15-7-8(2)20-12/h7,9-10H,6H2,1-5H3,(H,16,18). The van der Waals surface area contributed by atoms with Gasteiger partial charge >= 0.3 is 0 Å². The van der Waals surface area contributed by atoms with Gasteiger partial charge in [0.05, 0.1) is 6.20 Å². The van der Waals surface area contributed by atoms with Gasteiger partial charge in [0.2, 0.25) is 17.7 Å². The van der Waals surface area contributed by atoms with Crippen molar-refractivity contribution in [1.29, 1.82) is 0 Å². The zero-order valence-electron chi connectivity index (χ0n) is 12.6. The Labute approximate surface area is 118 Å². The van der Waals surface area contributed by atoms with Crippen LogP contribution < -0.4 is 5.32 Å². The predicted octanol–water partition coefficient (Wildman–Crippen LogP) is 1.56. The van der Waals surface area contributed by atoms with E-state index in [0.717, 1.165) is 0 Å². The van der Waals surface area contributed by atoms with Crippen LogP contribution in [0, 0.1) is 6.92 Å². The number of oxazole rings is 1. The quantitative estimate of drug-likeness (QED) is 0.911. The highest BCUT2D eigenvalue weighted by Crippen LogP contribution is 2.29. The molecule has 2 rings (SSSR count). The van der Waals surface area contributed by atoms with E-state index in [1.165, 1.54) is 0 Å². The van der Waals surface area contributed by atoms with Crippen LogP contribution in [0.15, 0.2) is 10.6 Å². The molecule has 0 aromatic carbocycles. The fourth-order valence-corrected chi connectivity index (χ4v) is 2.45. The maximum absolute atomic E-state index is 12.7. The topological polar surface area (TPSA) is 75.4 Å². The molecule has 0 bridgehead atoms. The Kier molecular flexibility index (Phi) is 3.58. The number of nitrogens with zero attached hydrogens (tertiary/aromatic N) is 2. The molecular weight excluding hydrogens is 258 g/mol. The minimum Gasteiger partial charge on any atom is -0.444 e. The minimum absolute atomic E-state index is 0.101. The predicted molar refractivity (Wildman–Crippen MR) is 72.8 cm³/mol. The maximum atomic E-state index is 12.7. The highest BCUT2D eigenvalue weighted by molar-refractivity contribution is 5.99. The maximum Gasteiger partial charge on any atom is 0.249 e. The van der Waals surface area contributed by atoms with Crippen molar-refractivity contribution >= 4 is 11.8 Å². The van der Waals surface area contributed by atoms with Crippen LogP contribution >= 0.6 is 0 Å². The van der Waals surface area contributed by atoms with Crippen LogP contribution in [0.2, 0.25) is 0 Å². The van der Waals surface area contributed by atoms with Gasteiger partial charge in [-0.2, -0.15) is 0 Å². The van der Waals surface area contributed by atoms with Gasteiger partial charge in [0.1, 0.15) is 23.4 Å². The lowest BCUT2D eigenvalue weighted by Gasteiger charge is -2.44. The average Bonchev–Trinajstić information content (AvgIpc) is 2.83. The normalized spacial score (nSPS) is 28.4. The molecule has 0 saturated carbocycles. The second kappa shape index (κ2) is 4.92. The molecule has 1 saturated heterocycles. The van der Waals surface area contributed by atoms with Gasteiger partial charge in [-0.3, -0.25) is 9.59 Å². The van der Waals surface area contributed by atoms with Crippen molar-refractivity contribution in [2.75, 3.05) is 0 Å². The van der Waals surface area contributed by atoms with E-state index in [2.05, 4.69) is 10.3 Å². The van der Waals surface area contributed by atoms with Gasteiger partial charge in [0.15, 0.2) is 0 Å². The number of hydrogen-bond acceptors (Lipinski definition) is 4. The van der Waals surface area contributed by atoms with Crippen molar-refractivity contribution in [3.05, 3.63) is 17.8 Å². The number of carbonyl (C=O) groups is 2. The second-order valence-corrected chi connectivity index (χ2v) is 5.55. The van der Waals surface area contributed by atoms with E-state index in [9.17, 15) is 9.59 Å². The molecule has 1 fully saturated rings. The molecule has 3 unspecified atom stereocenters. The lowest BCUT2D eigenvalue weighted by Crippen LogP contribution is -2.68. The molecular formula is C14H21N3O3. The molecule has 1 N–H and O–H groups in total. The zero-order chi connectivity index (χ0) is 15.1. The van der Waals surface area contributed by atoms with E-state index in [1.54, 1.807) is 31.9 Å². The first-order valence-corrected chi connectivity index (χ1v) is 6.87. The summed E-state index contributed by atoms with van der Waals surface area (Å²) in [6, 6.07) is -0.910. The molecule has 0 radical (unpaired) electrons. The number of aromatic nitrogens is 1. The first-order chi connectivity index (χ1) is 9.30. The summed E-state index contributed by atoms with van der Waals surface area (Å²) in [4.78, 5) is 30.5. The number of hydrogen-bond donors (Lipinski definition) is 1. The van der Waals surface area contributed by atoms with Gasteiger partial charge in [-0.15, -0.1) is 0 Å². The van der Waals surface area contributed by atoms with Crippen LogP contribution in [-0.4, -0.2) is 33.3 Å². The Hall–Kier alpha value is -1.85. The molecule has 3 atom stereocenters. The van der Waals surface area contributed by atoms with E-state index in [-0.39, 0.29) is 17.9 Å². The van der Waals surface area contributed by atoms with Crippen molar-refractivity contribution < 1.29 is 14.0 Å². The lowest BCUT2D eigenvalue weighted by atomic mass is 9.91. The summed E-state index contributed by atoms with van der Waals surface area (Å²) in [7, 11) is 0. The number of nitrogens with one attached hydrogen (secondary N) is 1. The minimum atomic E-state index is -0.862. The molecule has 0 spiro atoms. The van der Waals surface area contributed by atoms with E-state index < -0.39 is 11.6 Å². The molecule has 110 valence electrons. The van der Waals surface area contributed by atoms with Crippen LogP contribution in [0.3, 0.4) is 0 Å². The molecule has 0 aliphatic carbocycles. The highest BCUT2D eigenvalue weighted by Gasteiger charge is 2.47. The Morgan fingerprint density at radius 1 is 1.55 bits per heavy atom. The number of amides is 2. The summed E-state index contributed by atoms with van der Waals surface area (Å²) in [6.45, 7) is 8.97. The van der Waals surface area contributed by atoms with Crippen molar-refractivity contribution in [1.82, 2.24) is 15.2 Å². The third-order valence-corrected chi connectivity index (χ3v) is 4.02. The Bertz CT molecular complexity index is 540. The van der Waals surface area contributed by atoms with Crippen LogP contribution in [-0.2, 0) is 9.59 Å². The second-order valence-electron chi connectivity index (χ2n) is 5.55. The van der Waals surface area contributed by atoms with Gasteiger partial charge in [-0.1, -0.05) is 6.92 Å². The molecule has 2 amide bonds. The summed E-state index contributed by atoms with van der Waals surface area (Å²) in [5, 5.41) is 2.80. The van der Waals surface area contributed by atoms with Gasteiger partial charge in [0, 0.05) is 0 Å². The van der Waals surface area contributed by atoms with E-state index in [4.69, 9.17) is 4.42 Å². The first-order valence-electron chi connectivity index (χ1n) is 6.87. The summed E-state index contributed by atoms with van der Waals surface area (Å²) in [5.74, 6) is 0.891. The molecule has 1 aromatic rings. The Balaban J connectivity index is 2.36. The fourth-order valence-electron chi connectivity index (χ4n) is 2.45. The van der Waals surface area contributed by atoms with E-state index in [0.29, 0.717) is 18.1 Å². The Morgan fingerprint density at radius 3 is 2.70 bits per heavy atom. The fraction of sp³-hybridized carbons (Fsp3) is 0.643. The van der Waals surface area contributed by atoms with Crippen molar-refractivity contribution in [3.8, 4) is 0 Å². The highest BCUT2D eigenvalue weighted by atomic mass is 16.4. The van der Waals surface area contributed by atoms with Gasteiger partial charge in [-0.25, -0.2) is 4.98 Å². The lowest BCUT2D eigenvalue weighted by molar-refractivity contribution is -0.157. The molecule has 1 aliphatic heterocycles. The molecule has 6 heteroatoms. The summed E-state index contributed by atoms with van der Waals surface area (Å²) >= 11 is 0. The first kappa shape index (κ1) is 14.6. The SMILES string of the molecule is CCC1(C)NC(=O)C(C)N(C(C)c2ncc(C)o2)C1=O. The zero-order valence-corrected chi connectivity index (χ0v) is 12.6. The summed E-state index contributed by atoms with van der Waals surface area (Å²) < 4.78 is 5.50. The third kappa shape index (κ3) is 2.19. The number of aryl methyl sites for hydroxylation is 1. The van der Waals surface area contributed by atoms with Crippen molar-refractivity contribution in [3.63, 3.8) is 0 Å². The van der Waals surface area contributed by atoms with E-state index >= 15 is 0 Å². The monoisotopic (exact) mass is 279 g/mol. The number of carbonyl (C=O) groups excluding carboxylic acids is 2. The van der Waals surface area contributed by atoms with Crippen LogP contribution in [0.5, 0.6) is 0 Å². The molecule has 1 aromatic heterocycles.